The minimum atomic E-state index is -0.147. The van der Waals surface area contributed by atoms with Crippen molar-refractivity contribution < 1.29 is 4.79 Å². The summed E-state index contributed by atoms with van der Waals surface area (Å²) in [7, 11) is 0. The maximum absolute atomic E-state index is 10.3. The molecule has 0 aliphatic rings. The molecule has 0 amide bonds. The van der Waals surface area contributed by atoms with Crippen molar-refractivity contribution in [3.8, 4) is 0 Å². The van der Waals surface area contributed by atoms with Gasteiger partial charge in [0.1, 0.15) is 6.29 Å². The molecular weight excluding hydrogens is 150 g/mol. The number of hydrogen-bond acceptors (Lipinski definition) is 2. The molecule has 1 atom stereocenters. The van der Waals surface area contributed by atoms with Crippen molar-refractivity contribution >= 4 is 6.29 Å². The highest BCUT2D eigenvalue weighted by atomic mass is 16.1. The second-order valence-corrected chi connectivity index (χ2v) is 2.55. The minimum absolute atomic E-state index is 0.147. The molecule has 1 rings (SSSR count). The summed E-state index contributed by atoms with van der Waals surface area (Å²) in [5.74, 6) is 0. The van der Waals surface area contributed by atoms with Crippen molar-refractivity contribution in [3.63, 3.8) is 0 Å². The van der Waals surface area contributed by atoms with Gasteiger partial charge in [-0.2, -0.15) is 0 Å². The molecular formula is C10H11NO. The molecule has 0 heterocycles. The molecule has 2 heteroatoms. The summed E-state index contributed by atoms with van der Waals surface area (Å²) in [6.45, 7) is 3.59. The Bertz CT molecular complexity index is 276. The van der Waals surface area contributed by atoms with Gasteiger partial charge in [0, 0.05) is 11.6 Å². The highest BCUT2D eigenvalue weighted by Crippen LogP contribution is 2.10. The van der Waals surface area contributed by atoms with Gasteiger partial charge in [-0.25, -0.2) is 0 Å². The van der Waals surface area contributed by atoms with E-state index in [-0.39, 0.29) is 6.04 Å². The normalized spacial score (nSPS) is 12.1. The van der Waals surface area contributed by atoms with Gasteiger partial charge in [-0.15, -0.1) is 6.58 Å². The van der Waals surface area contributed by atoms with Crippen LogP contribution in [-0.2, 0) is 0 Å². The van der Waals surface area contributed by atoms with Crippen LogP contribution in [0.3, 0.4) is 0 Å². The summed E-state index contributed by atoms with van der Waals surface area (Å²) in [4.78, 5) is 10.3. The lowest BCUT2D eigenvalue weighted by Gasteiger charge is -2.05. The highest BCUT2D eigenvalue weighted by Gasteiger charge is 1.99. The van der Waals surface area contributed by atoms with Gasteiger partial charge in [0.2, 0.25) is 0 Å². The molecule has 0 fully saturated rings. The molecule has 0 saturated heterocycles. The highest BCUT2D eigenvalue weighted by molar-refractivity contribution is 5.74. The van der Waals surface area contributed by atoms with E-state index in [1.807, 2.05) is 12.1 Å². The predicted molar refractivity (Wildman–Crippen MR) is 49.0 cm³/mol. The second kappa shape index (κ2) is 3.83. The lowest BCUT2D eigenvalue weighted by molar-refractivity contribution is 0.112. The number of carbonyl (C=O) groups is 1. The zero-order chi connectivity index (χ0) is 8.97. The maximum Gasteiger partial charge on any atom is 0.150 e. The fourth-order valence-corrected chi connectivity index (χ4v) is 0.933. The molecule has 12 heavy (non-hydrogen) atoms. The fraction of sp³-hybridized carbons (Fsp3) is 0.100. The Morgan fingerprint density at radius 2 is 1.92 bits per heavy atom. The van der Waals surface area contributed by atoms with Gasteiger partial charge in [0.05, 0.1) is 0 Å². The smallest absolute Gasteiger partial charge is 0.150 e. The molecule has 2 nitrogen and oxygen atoms in total. The molecule has 0 spiro atoms. The minimum Gasteiger partial charge on any atom is -0.321 e. The van der Waals surface area contributed by atoms with Crippen LogP contribution in [0.25, 0.3) is 0 Å². The van der Waals surface area contributed by atoms with Crippen molar-refractivity contribution in [2.45, 2.75) is 6.04 Å². The topological polar surface area (TPSA) is 43.1 Å². The average molecular weight is 161 g/mol. The SMILES string of the molecule is C=CC(N)c1ccc(C=O)cc1. The molecule has 2 N–H and O–H groups in total. The van der Waals surface area contributed by atoms with E-state index in [1.165, 1.54) is 0 Å². The number of benzene rings is 1. The summed E-state index contributed by atoms with van der Waals surface area (Å²) in [5.41, 5.74) is 7.31. The molecule has 62 valence electrons. The largest absolute Gasteiger partial charge is 0.321 e. The van der Waals surface area contributed by atoms with Crippen LogP contribution >= 0.6 is 0 Å². The monoisotopic (exact) mass is 161 g/mol. The Labute approximate surface area is 71.7 Å². The molecule has 0 aliphatic heterocycles. The second-order valence-electron chi connectivity index (χ2n) is 2.55. The molecule has 0 aliphatic carbocycles. The third-order valence-electron chi connectivity index (χ3n) is 1.71. The van der Waals surface area contributed by atoms with Crippen LogP contribution in [0.4, 0.5) is 0 Å². The van der Waals surface area contributed by atoms with Crippen LogP contribution in [-0.4, -0.2) is 6.29 Å². The van der Waals surface area contributed by atoms with E-state index in [1.54, 1.807) is 18.2 Å². The average Bonchev–Trinajstić information content (AvgIpc) is 2.17. The standard InChI is InChI=1S/C10H11NO/c1-2-10(11)9-5-3-8(7-12)4-6-9/h2-7,10H,1,11H2. The first-order valence-electron chi connectivity index (χ1n) is 3.71. The lowest BCUT2D eigenvalue weighted by atomic mass is 10.1. The van der Waals surface area contributed by atoms with Crippen molar-refractivity contribution in [1.82, 2.24) is 0 Å². The first kappa shape index (κ1) is 8.68. The van der Waals surface area contributed by atoms with Gasteiger partial charge in [0.15, 0.2) is 0 Å². The van der Waals surface area contributed by atoms with E-state index in [0.29, 0.717) is 5.56 Å². The molecule has 0 aromatic heterocycles. The van der Waals surface area contributed by atoms with E-state index in [9.17, 15) is 4.79 Å². The van der Waals surface area contributed by atoms with Crippen LogP contribution in [0.2, 0.25) is 0 Å². The number of aldehydes is 1. The van der Waals surface area contributed by atoms with E-state index in [2.05, 4.69) is 6.58 Å². The third-order valence-corrected chi connectivity index (χ3v) is 1.71. The molecule has 0 bridgehead atoms. The van der Waals surface area contributed by atoms with Crippen molar-refractivity contribution in [1.29, 1.82) is 0 Å². The number of hydrogen-bond donors (Lipinski definition) is 1. The molecule has 1 aromatic rings. The molecule has 0 radical (unpaired) electrons. The zero-order valence-electron chi connectivity index (χ0n) is 6.73. The van der Waals surface area contributed by atoms with Gasteiger partial charge < -0.3 is 5.73 Å². The van der Waals surface area contributed by atoms with E-state index >= 15 is 0 Å². The van der Waals surface area contributed by atoms with Crippen LogP contribution in [0.15, 0.2) is 36.9 Å². The van der Waals surface area contributed by atoms with Gasteiger partial charge >= 0.3 is 0 Å². The molecule has 1 aromatic carbocycles. The van der Waals surface area contributed by atoms with Crippen LogP contribution in [0.5, 0.6) is 0 Å². The van der Waals surface area contributed by atoms with Gasteiger partial charge in [-0.3, -0.25) is 4.79 Å². The van der Waals surface area contributed by atoms with E-state index in [0.717, 1.165) is 11.8 Å². The van der Waals surface area contributed by atoms with Crippen LogP contribution in [0, 0.1) is 0 Å². The predicted octanol–water partition coefficient (Wildman–Crippen LogP) is 1.68. The summed E-state index contributed by atoms with van der Waals surface area (Å²) < 4.78 is 0. The summed E-state index contributed by atoms with van der Waals surface area (Å²) >= 11 is 0. The zero-order valence-corrected chi connectivity index (χ0v) is 6.73. The Balaban J connectivity index is 2.91. The summed E-state index contributed by atoms with van der Waals surface area (Å²) in [6, 6.07) is 6.99. The van der Waals surface area contributed by atoms with Gasteiger partial charge in [0.25, 0.3) is 0 Å². The van der Waals surface area contributed by atoms with Crippen LogP contribution in [0.1, 0.15) is 22.0 Å². The lowest BCUT2D eigenvalue weighted by Crippen LogP contribution is -2.05. The Kier molecular flexibility index (Phi) is 2.77. The van der Waals surface area contributed by atoms with Crippen molar-refractivity contribution in [2.75, 3.05) is 0 Å². The number of carbonyl (C=O) groups excluding carboxylic acids is 1. The fourth-order valence-electron chi connectivity index (χ4n) is 0.933. The van der Waals surface area contributed by atoms with Crippen molar-refractivity contribution in [2.24, 2.45) is 5.73 Å². The van der Waals surface area contributed by atoms with Gasteiger partial charge in [-0.05, 0) is 5.56 Å². The maximum atomic E-state index is 10.3. The molecule has 1 unspecified atom stereocenters. The third kappa shape index (κ3) is 1.80. The first-order valence-corrected chi connectivity index (χ1v) is 3.71. The van der Waals surface area contributed by atoms with Crippen LogP contribution < -0.4 is 5.73 Å². The Morgan fingerprint density at radius 3 is 2.33 bits per heavy atom. The number of nitrogens with two attached hydrogens (primary N) is 1. The Hall–Kier alpha value is -1.41. The van der Waals surface area contributed by atoms with E-state index < -0.39 is 0 Å². The Morgan fingerprint density at radius 1 is 1.33 bits per heavy atom. The summed E-state index contributed by atoms with van der Waals surface area (Å²) in [5, 5.41) is 0. The van der Waals surface area contributed by atoms with E-state index in [4.69, 9.17) is 5.73 Å². The number of rotatable bonds is 3. The molecule has 0 saturated carbocycles. The van der Waals surface area contributed by atoms with Crippen molar-refractivity contribution in [3.05, 3.63) is 48.0 Å². The summed E-state index contributed by atoms with van der Waals surface area (Å²) in [6.07, 6.45) is 2.47. The quantitative estimate of drug-likeness (QED) is 0.541. The van der Waals surface area contributed by atoms with Gasteiger partial charge in [-0.1, -0.05) is 30.3 Å². The first-order chi connectivity index (χ1) is 5.77.